The van der Waals surface area contributed by atoms with E-state index in [-0.39, 0.29) is 0 Å². The van der Waals surface area contributed by atoms with Gasteiger partial charge >= 0.3 is 17.4 Å². The van der Waals surface area contributed by atoms with Crippen molar-refractivity contribution in [2.24, 2.45) is 0 Å². The van der Waals surface area contributed by atoms with Gasteiger partial charge < -0.3 is 13.5 Å². The minimum Gasteiger partial charge on any atom is -0.348 e. The molecule has 5 heteroatoms. The maximum Gasteiger partial charge on any atom is 0.428 e. The SMILES string of the molecule is c1ccc2c(c1)c1c3c4c(ccc5[n+]4C14c1c6ccccc6n6c7ccccc7c7ccc([n+]4c7c16)O5)c1ccccc1n23. The highest BCUT2D eigenvalue weighted by Gasteiger charge is 2.72. The van der Waals surface area contributed by atoms with E-state index in [2.05, 4.69) is 139 Å². The Morgan fingerprint density at radius 1 is 0.409 bits per heavy atom. The van der Waals surface area contributed by atoms with Gasteiger partial charge in [-0.05, 0) is 36.4 Å². The van der Waals surface area contributed by atoms with Crippen molar-refractivity contribution in [3.8, 4) is 11.8 Å². The Kier molecular flexibility index (Phi) is 3.01. The van der Waals surface area contributed by atoms with Crippen LogP contribution in [0.15, 0.2) is 121 Å². The number of para-hydroxylation sites is 4. The Balaban J connectivity index is 1.45. The maximum absolute atomic E-state index is 6.90. The van der Waals surface area contributed by atoms with Crippen molar-refractivity contribution in [1.29, 1.82) is 0 Å². The second kappa shape index (κ2) is 6.36. The van der Waals surface area contributed by atoms with Crippen molar-refractivity contribution >= 4 is 76.5 Å². The summed E-state index contributed by atoms with van der Waals surface area (Å²) < 4.78 is 17.0. The quantitative estimate of drug-likeness (QED) is 0.138. The normalized spacial score (nSPS) is 15.2. The number of nitrogens with zero attached hydrogens (tertiary/aromatic N) is 4. The van der Waals surface area contributed by atoms with Crippen molar-refractivity contribution in [2.45, 2.75) is 5.66 Å². The van der Waals surface area contributed by atoms with Gasteiger partial charge in [-0.25, -0.2) is 0 Å². The fraction of sp³-hybridized carbons (Fsp3) is 0.0256. The van der Waals surface area contributed by atoms with Crippen LogP contribution in [0.3, 0.4) is 0 Å². The first-order valence-electron chi connectivity index (χ1n) is 15.2. The molecular formula is C39H20N4O+2. The zero-order valence-corrected chi connectivity index (χ0v) is 23.2. The van der Waals surface area contributed by atoms with Crippen molar-refractivity contribution in [2.75, 3.05) is 0 Å². The molecule has 0 bridgehead atoms. The number of fused-ring (bicyclic) bond motifs is 12. The van der Waals surface area contributed by atoms with Crippen molar-refractivity contribution in [3.05, 3.63) is 132 Å². The third-order valence-electron chi connectivity index (χ3n) is 10.8. The lowest BCUT2D eigenvalue weighted by Crippen LogP contribution is -2.74. The predicted octanol–water partition coefficient (Wildman–Crippen LogP) is 7.72. The molecule has 1 spiro atoms. The molecule has 3 aliphatic heterocycles. The largest absolute Gasteiger partial charge is 0.428 e. The number of rotatable bonds is 0. The van der Waals surface area contributed by atoms with Gasteiger partial charge in [-0.2, -0.15) is 0 Å². The van der Waals surface area contributed by atoms with Gasteiger partial charge in [-0.15, -0.1) is 0 Å². The average molecular weight is 561 g/mol. The minimum atomic E-state index is -0.663. The van der Waals surface area contributed by atoms with E-state index in [0.717, 1.165) is 11.8 Å². The number of pyridine rings is 4. The summed E-state index contributed by atoms with van der Waals surface area (Å²) in [6, 6.07) is 44.6. The van der Waals surface area contributed by atoms with Crippen LogP contribution in [-0.2, 0) is 5.66 Å². The number of hydrogen-bond acceptors (Lipinski definition) is 1. The highest BCUT2D eigenvalue weighted by atomic mass is 16.5. The molecule has 0 fully saturated rings. The fourth-order valence-electron chi connectivity index (χ4n) is 9.49. The van der Waals surface area contributed by atoms with E-state index in [1.807, 2.05) is 0 Å². The monoisotopic (exact) mass is 560 g/mol. The molecular weight excluding hydrogens is 540 g/mol. The van der Waals surface area contributed by atoms with Gasteiger partial charge in [-0.1, -0.05) is 81.9 Å². The molecule has 0 unspecified atom stereocenters. The van der Waals surface area contributed by atoms with Gasteiger partial charge in [0.05, 0.1) is 45.0 Å². The van der Waals surface area contributed by atoms with E-state index >= 15 is 0 Å². The zero-order valence-electron chi connectivity index (χ0n) is 23.2. The molecule has 0 radical (unpaired) electrons. The average Bonchev–Trinajstić information content (AvgIpc) is 3.79. The first-order valence-corrected chi connectivity index (χ1v) is 15.2. The van der Waals surface area contributed by atoms with Crippen molar-refractivity contribution in [3.63, 3.8) is 0 Å². The fourth-order valence-corrected chi connectivity index (χ4v) is 9.49. The van der Waals surface area contributed by atoms with Crippen LogP contribution in [-0.4, -0.2) is 8.80 Å². The lowest BCUT2D eigenvalue weighted by molar-refractivity contribution is -0.958. The van der Waals surface area contributed by atoms with Gasteiger partial charge in [0.1, 0.15) is 22.2 Å². The summed E-state index contributed by atoms with van der Waals surface area (Å²) >= 11 is 0. The summed E-state index contributed by atoms with van der Waals surface area (Å²) in [5.41, 5.74) is 11.9. The van der Waals surface area contributed by atoms with Gasteiger partial charge in [0.15, 0.2) is 0 Å². The third-order valence-corrected chi connectivity index (χ3v) is 10.8. The van der Waals surface area contributed by atoms with Gasteiger partial charge in [0, 0.05) is 21.5 Å². The lowest BCUT2D eigenvalue weighted by Gasteiger charge is -2.24. The first kappa shape index (κ1) is 20.9. The standard InChI is InChI=1S/C39H20N4O/c1-5-13-27-21(9-1)23-17-19-31-42-35(23)37-33(25-11-3-7-15-29(25)40(27)37)39(42)34-26-12-4-8-16-30(26)41-28-14-6-2-10-22(28)24-18-20-32(44-31)43(39)36(24)38(34)41/h1-20H/q+2. The van der Waals surface area contributed by atoms with E-state index in [4.69, 9.17) is 4.74 Å². The van der Waals surface area contributed by atoms with E-state index in [1.165, 1.54) is 87.6 Å². The highest BCUT2D eigenvalue weighted by Crippen LogP contribution is 2.56. The maximum atomic E-state index is 6.90. The van der Waals surface area contributed by atoms with Crippen molar-refractivity contribution in [1.82, 2.24) is 8.80 Å². The zero-order chi connectivity index (χ0) is 28.1. The molecule has 3 aliphatic rings. The molecule has 200 valence electrons. The Labute approximate surface area is 248 Å². The molecule has 0 N–H and O–H groups in total. The molecule has 6 aromatic heterocycles. The number of aromatic nitrogens is 4. The summed E-state index contributed by atoms with van der Waals surface area (Å²) in [6.45, 7) is 0. The summed E-state index contributed by atoms with van der Waals surface area (Å²) in [5.74, 6) is 1.74. The summed E-state index contributed by atoms with van der Waals surface area (Å²) in [4.78, 5) is 0. The molecule has 0 aliphatic carbocycles. The molecule has 9 heterocycles. The third kappa shape index (κ3) is 1.82. The van der Waals surface area contributed by atoms with Crippen LogP contribution in [0.5, 0.6) is 11.8 Å². The summed E-state index contributed by atoms with van der Waals surface area (Å²) in [7, 11) is 0. The smallest absolute Gasteiger partial charge is 0.348 e. The number of hydrogen-bond donors (Lipinski definition) is 0. The molecule has 0 saturated heterocycles. The second-order valence-corrected chi connectivity index (χ2v) is 12.5. The predicted molar refractivity (Wildman–Crippen MR) is 172 cm³/mol. The van der Waals surface area contributed by atoms with Crippen LogP contribution in [0.2, 0.25) is 0 Å². The molecule has 10 aromatic rings. The molecule has 0 amide bonds. The molecule has 0 atom stereocenters. The van der Waals surface area contributed by atoms with Crippen LogP contribution in [0.25, 0.3) is 76.5 Å². The summed E-state index contributed by atoms with van der Waals surface area (Å²) in [5, 5.41) is 7.54. The van der Waals surface area contributed by atoms with E-state index in [0.29, 0.717) is 0 Å². The Morgan fingerprint density at radius 3 is 1.25 bits per heavy atom. The number of benzene rings is 4. The first-order chi connectivity index (χ1) is 21.9. The van der Waals surface area contributed by atoms with E-state index in [9.17, 15) is 0 Å². The Bertz CT molecular complexity index is 2880. The lowest BCUT2D eigenvalue weighted by atomic mass is 9.90. The molecule has 13 rings (SSSR count). The van der Waals surface area contributed by atoms with Crippen LogP contribution >= 0.6 is 0 Å². The van der Waals surface area contributed by atoms with E-state index in [1.54, 1.807) is 0 Å². The van der Waals surface area contributed by atoms with Gasteiger partial charge in [-0.3, -0.25) is 0 Å². The number of ether oxygens (including phenoxy) is 1. The minimum absolute atomic E-state index is 0.663. The second-order valence-electron chi connectivity index (χ2n) is 12.5. The topological polar surface area (TPSA) is 25.8 Å². The highest BCUT2D eigenvalue weighted by molar-refractivity contribution is 6.19. The molecule has 0 saturated carbocycles. The molecule has 44 heavy (non-hydrogen) atoms. The van der Waals surface area contributed by atoms with Crippen LogP contribution in [0.4, 0.5) is 0 Å². The Morgan fingerprint density at radius 2 is 0.795 bits per heavy atom. The molecule has 5 nitrogen and oxygen atoms in total. The van der Waals surface area contributed by atoms with E-state index < -0.39 is 5.66 Å². The van der Waals surface area contributed by atoms with Crippen LogP contribution in [0.1, 0.15) is 11.1 Å². The van der Waals surface area contributed by atoms with Gasteiger partial charge in [0.25, 0.3) is 0 Å². The molecule has 4 aromatic carbocycles. The Hall–Kier alpha value is -5.94. The van der Waals surface area contributed by atoms with Crippen LogP contribution in [0, 0.1) is 0 Å². The van der Waals surface area contributed by atoms with Crippen LogP contribution < -0.4 is 13.9 Å². The van der Waals surface area contributed by atoms with Crippen molar-refractivity contribution < 1.29 is 13.9 Å². The van der Waals surface area contributed by atoms with Gasteiger partial charge in [0.2, 0.25) is 11.0 Å². The summed E-state index contributed by atoms with van der Waals surface area (Å²) in [6.07, 6.45) is 0.